The highest BCUT2D eigenvalue weighted by atomic mass is 127. The number of esters is 1. The third-order valence-corrected chi connectivity index (χ3v) is 2.90. The molecule has 7 heteroatoms. The zero-order valence-corrected chi connectivity index (χ0v) is 10.9. The van der Waals surface area contributed by atoms with Gasteiger partial charge >= 0.3 is 5.97 Å². The van der Waals surface area contributed by atoms with Crippen LogP contribution >= 0.6 is 22.6 Å². The van der Waals surface area contributed by atoms with Crippen LogP contribution in [0.25, 0.3) is 0 Å². The van der Waals surface area contributed by atoms with Crippen molar-refractivity contribution in [2.45, 2.75) is 19.9 Å². The lowest BCUT2D eigenvalue weighted by molar-refractivity contribution is 0.0517. The summed E-state index contributed by atoms with van der Waals surface area (Å²) in [7, 11) is 0. The molecule has 0 atom stereocenters. The van der Waals surface area contributed by atoms with Crippen LogP contribution in [0.3, 0.4) is 0 Å². The molecule has 1 aromatic rings. The number of aromatic nitrogens is 2. The summed E-state index contributed by atoms with van der Waals surface area (Å²) in [4.78, 5) is 11.5. The molecule has 1 rings (SSSR count). The van der Waals surface area contributed by atoms with E-state index in [9.17, 15) is 4.79 Å². The highest BCUT2D eigenvalue weighted by Gasteiger charge is 2.20. The van der Waals surface area contributed by atoms with Crippen LogP contribution in [0, 0.1) is 14.9 Å². The predicted molar refractivity (Wildman–Crippen MR) is 65.5 cm³/mol. The highest BCUT2D eigenvalue weighted by molar-refractivity contribution is 14.1. The van der Waals surface area contributed by atoms with Gasteiger partial charge in [-0.05, 0) is 29.5 Å². The fraction of sp³-hybridized carbons (Fsp3) is 0.444. The molecule has 0 saturated heterocycles. The Bertz CT molecular complexity index is 435. The van der Waals surface area contributed by atoms with Crippen LogP contribution in [0.5, 0.6) is 0 Å². The molecule has 0 bridgehead atoms. The summed E-state index contributed by atoms with van der Waals surface area (Å²) in [6, 6.07) is 1.99. The standard InChI is InChI=1S/C9H11IN4O2/c1-2-16-9(15)7-6(10)8(12)14(13-7)5-3-4-11/h2-3,5,12H2,1H3. The number of hydrogen-bond donors (Lipinski definition) is 1. The molecule has 0 aliphatic rings. The number of aryl methyl sites for hydroxylation is 1. The molecule has 0 radical (unpaired) electrons. The average molecular weight is 334 g/mol. The van der Waals surface area contributed by atoms with Crippen LogP contribution in [0.15, 0.2) is 0 Å². The minimum atomic E-state index is -0.491. The Kier molecular flexibility index (Phi) is 4.54. The van der Waals surface area contributed by atoms with E-state index in [1.807, 2.05) is 28.7 Å². The summed E-state index contributed by atoms with van der Waals surface area (Å²) in [5.74, 6) is -0.104. The van der Waals surface area contributed by atoms with Crippen LogP contribution in [0.1, 0.15) is 23.8 Å². The number of halogens is 1. The van der Waals surface area contributed by atoms with Gasteiger partial charge in [0, 0.05) is 0 Å². The van der Waals surface area contributed by atoms with Crippen LogP contribution in [0.2, 0.25) is 0 Å². The highest BCUT2D eigenvalue weighted by Crippen LogP contribution is 2.20. The number of nitrogens with zero attached hydrogens (tertiary/aromatic N) is 3. The van der Waals surface area contributed by atoms with Crippen molar-refractivity contribution in [2.24, 2.45) is 0 Å². The number of carbonyl (C=O) groups is 1. The smallest absolute Gasteiger partial charge is 0.360 e. The zero-order valence-electron chi connectivity index (χ0n) is 8.73. The Morgan fingerprint density at radius 2 is 2.44 bits per heavy atom. The molecule has 6 nitrogen and oxygen atoms in total. The van der Waals surface area contributed by atoms with Crippen molar-refractivity contribution in [1.82, 2.24) is 9.78 Å². The third kappa shape index (κ3) is 2.63. The summed E-state index contributed by atoms with van der Waals surface area (Å²) >= 11 is 1.94. The van der Waals surface area contributed by atoms with Crippen LogP contribution in [-0.2, 0) is 11.3 Å². The lowest BCUT2D eigenvalue weighted by Crippen LogP contribution is -2.08. The Morgan fingerprint density at radius 1 is 1.75 bits per heavy atom. The number of carbonyl (C=O) groups excluding carboxylic acids is 1. The molecule has 0 aliphatic carbocycles. The largest absolute Gasteiger partial charge is 0.461 e. The molecular weight excluding hydrogens is 323 g/mol. The Balaban J connectivity index is 2.96. The average Bonchev–Trinajstić information content (AvgIpc) is 2.54. The van der Waals surface area contributed by atoms with Gasteiger partial charge in [0.1, 0.15) is 5.82 Å². The normalized spacial score (nSPS) is 9.81. The lowest BCUT2D eigenvalue weighted by Gasteiger charge is -1.98. The van der Waals surface area contributed by atoms with Gasteiger partial charge in [-0.15, -0.1) is 0 Å². The maximum Gasteiger partial charge on any atom is 0.360 e. The Labute approximate surface area is 106 Å². The monoisotopic (exact) mass is 334 g/mol. The fourth-order valence-corrected chi connectivity index (χ4v) is 1.72. The number of anilines is 1. The van der Waals surface area contributed by atoms with Crippen LogP contribution < -0.4 is 5.73 Å². The van der Waals surface area contributed by atoms with Crippen molar-refractivity contribution in [2.75, 3.05) is 12.3 Å². The molecule has 2 N–H and O–H groups in total. The van der Waals surface area contributed by atoms with E-state index in [1.54, 1.807) is 6.92 Å². The molecule has 0 amide bonds. The molecule has 1 heterocycles. The lowest BCUT2D eigenvalue weighted by atomic mass is 10.4. The summed E-state index contributed by atoms with van der Waals surface area (Å²) in [5.41, 5.74) is 5.96. The number of nitriles is 1. The number of rotatable bonds is 4. The van der Waals surface area contributed by atoms with Gasteiger partial charge in [0.25, 0.3) is 0 Å². The van der Waals surface area contributed by atoms with Crippen molar-refractivity contribution in [1.29, 1.82) is 5.26 Å². The maximum atomic E-state index is 11.5. The first-order valence-corrected chi connectivity index (χ1v) is 5.75. The molecule has 0 spiro atoms. The number of hydrogen-bond acceptors (Lipinski definition) is 5. The van der Waals surface area contributed by atoms with Gasteiger partial charge in [0.05, 0.1) is 29.2 Å². The zero-order chi connectivity index (χ0) is 12.1. The summed E-state index contributed by atoms with van der Waals surface area (Å²) in [6.45, 7) is 2.39. The SMILES string of the molecule is CCOC(=O)c1nn(CCC#N)c(N)c1I. The Hall–Kier alpha value is -1.30. The van der Waals surface area contributed by atoms with Crippen molar-refractivity contribution in [3.63, 3.8) is 0 Å². The van der Waals surface area contributed by atoms with Gasteiger partial charge in [-0.2, -0.15) is 10.4 Å². The van der Waals surface area contributed by atoms with E-state index in [0.717, 1.165) is 0 Å². The van der Waals surface area contributed by atoms with Gasteiger partial charge in [-0.25, -0.2) is 9.48 Å². The number of ether oxygens (including phenoxy) is 1. The van der Waals surface area contributed by atoms with Gasteiger partial charge in [0.2, 0.25) is 0 Å². The molecule has 0 aromatic carbocycles. The summed E-state index contributed by atoms with van der Waals surface area (Å²) in [5, 5.41) is 12.5. The first-order chi connectivity index (χ1) is 7.61. The van der Waals surface area contributed by atoms with E-state index in [4.69, 9.17) is 15.7 Å². The Morgan fingerprint density at radius 3 is 3.00 bits per heavy atom. The second-order valence-electron chi connectivity index (χ2n) is 2.90. The van der Waals surface area contributed by atoms with Gasteiger partial charge in [0.15, 0.2) is 5.69 Å². The summed E-state index contributed by atoms with van der Waals surface area (Å²) < 4.78 is 6.85. The summed E-state index contributed by atoms with van der Waals surface area (Å²) in [6.07, 6.45) is 0.296. The molecule has 0 saturated carbocycles. The first-order valence-electron chi connectivity index (χ1n) is 4.67. The maximum absolute atomic E-state index is 11.5. The van der Waals surface area contributed by atoms with Crippen molar-refractivity contribution < 1.29 is 9.53 Å². The van der Waals surface area contributed by atoms with Crippen LogP contribution in [0.4, 0.5) is 5.82 Å². The molecule has 86 valence electrons. The van der Waals surface area contributed by atoms with Crippen molar-refractivity contribution in [3.8, 4) is 6.07 Å². The predicted octanol–water partition coefficient (Wildman–Crippen LogP) is 1.16. The molecule has 0 fully saturated rings. The van der Waals surface area contributed by atoms with Crippen molar-refractivity contribution >= 4 is 34.4 Å². The quantitative estimate of drug-likeness (QED) is 0.659. The second kappa shape index (κ2) is 5.69. The molecule has 1 aromatic heterocycles. The van der Waals surface area contributed by atoms with E-state index in [-0.39, 0.29) is 5.69 Å². The van der Waals surface area contributed by atoms with Crippen LogP contribution in [-0.4, -0.2) is 22.4 Å². The van der Waals surface area contributed by atoms with E-state index < -0.39 is 5.97 Å². The minimum Gasteiger partial charge on any atom is -0.461 e. The minimum absolute atomic E-state index is 0.206. The topological polar surface area (TPSA) is 93.9 Å². The fourth-order valence-electron chi connectivity index (χ4n) is 1.11. The molecule has 16 heavy (non-hydrogen) atoms. The van der Waals surface area contributed by atoms with Gasteiger partial charge in [-0.1, -0.05) is 0 Å². The molecular formula is C9H11IN4O2. The third-order valence-electron chi connectivity index (χ3n) is 1.84. The van der Waals surface area contributed by atoms with Crippen molar-refractivity contribution in [3.05, 3.63) is 9.26 Å². The van der Waals surface area contributed by atoms with E-state index in [2.05, 4.69) is 5.10 Å². The van der Waals surface area contributed by atoms with E-state index >= 15 is 0 Å². The number of nitrogen functional groups attached to an aromatic ring is 1. The van der Waals surface area contributed by atoms with Gasteiger partial charge in [-0.3, -0.25) is 0 Å². The van der Waals surface area contributed by atoms with E-state index in [1.165, 1.54) is 4.68 Å². The van der Waals surface area contributed by atoms with Gasteiger partial charge < -0.3 is 10.5 Å². The molecule has 0 unspecified atom stereocenters. The second-order valence-corrected chi connectivity index (χ2v) is 3.98. The van der Waals surface area contributed by atoms with E-state index in [0.29, 0.717) is 29.0 Å². The molecule has 0 aliphatic heterocycles. The number of nitrogens with two attached hydrogens (primary N) is 1. The first kappa shape index (κ1) is 12.8.